The van der Waals surface area contributed by atoms with Crippen LogP contribution in [-0.2, 0) is 6.61 Å². The molecule has 0 unspecified atom stereocenters. The van der Waals surface area contributed by atoms with Gasteiger partial charge >= 0.3 is 0 Å². The number of carbonyl (C=O) groups excluding carboxylic acids is 1. The molecule has 0 radical (unpaired) electrons. The fourth-order valence-electron chi connectivity index (χ4n) is 3.30. The van der Waals surface area contributed by atoms with Gasteiger partial charge in [-0.2, -0.15) is 0 Å². The maximum atomic E-state index is 12.6. The second-order valence-electron chi connectivity index (χ2n) is 7.96. The first-order valence-electron chi connectivity index (χ1n) is 10.2. The van der Waals surface area contributed by atoms with Crippen LogP contribution in [0.25, 0.3) is 0 Å². The van der Waals surface area contributed by atoms with Crippen LogP contribution < -0.4 is 10.1 Å². The Labute approximate surface area is 199 Å². The first kappa shape index (κ1) is 24.7. The Morgan fingerprint density at radius 3 is 2.26 bits per heavy atom. The molecule has 0 aliphatic rings. The van der Waals surface area contributed by atoms with Gasteiger partial charge < -0.3 is 14.5 Å². The number of nitrogens with one attached hydrogen (secondary N) is 1. The molecular formula is C23H22ClN3O7. The first-order valence-corrected chi connectivity index (χ1v) is 10.6. The summed E-state index contributed by atoms with van der Waals surface area (Å²) in [6.07, 6.45) is 0. The van der Waals surface area contributed by atoms with Gasteiger partial charge in [0.05, 0.1) is 15.5 Å². The number of halogens is 1. The monoisotopic (exact) mass is 487 g/mol. The molecule has 11 heteroatoms. The zero-order valence-electron chi connectivity index (χ0n) is 18.9. The van der Waals surface area contributed by atoms with E-state index in [0.717, 1.165) is 23.3 Å². The highest BCUT2D eigenvalue weighted by Gasteiger charge is 2.24. The van der Waals surface area contributed by atoms with E-state index in [0.29, 0.717) is 16.5 Å². The van der Waals surface area contributed by atoms with Gasteiger partial charge in [-0.15, -0.1) is 0 Å². The fraction of sp³-hybridized carbons (Fsp3) is 0.261. The highest BCUT2D eigenvalue weighted by molar-refractivity contribution is 6.31. The summed E-state index contributed by atoms with van der Waals surface area (Å²) in [5, 5.41) is 25.5. The fourth-order valence-corrected chi connectivity index (χ4v) is 3.47. The van der Waals surface area contributed by atoms with E-state index in [9.17, 15) is 25.0 Å². The molecule has 0 spiro atoms. The molecule has 1 N–H and O–H groups in total. The molecule has 0 fully saturated rings. The Hall–Kier alpha value is -3.92. The standard InChI is InChI=1S/C23H22ClN3O7/c1-12(2)17-10-18(24)13(3)7-22(17)33-11-16-5-6-21(34-16)23(28)25-15-8-19(26(29)30)14(4)20(9-15)27(31)32/h5-10,12H,11H2,1-4H3,(H,25,28). The highest BCUT2D eigenvalue weighted by Crippen LogP contribution is 2.33. The molecule has 0 aliphatic heterocycles. The van der Waals surface area contributed by atoms with Crippen LogP contribution in [0.4, 0.5) is 17.1 Å². The molecule has 3 aromatic rings. The van der Waals surface area contributed by atoms with Crippen molar-refractivity contribution in [2.45, 2.75) is 40.2 Å². The van der Waals surface area contributed by atoms with Gasteiger partial charge in [0.1, 0.15) is 23.7 Å². The summed E-state index contributed by atoms with van der Waals surface area (Å²) < 4.78 is 11.4. The molecule has 0 saturated carbocycles. The summed E-state index contributed by atoms with van der Waals surface area (Å²) in [7, 11) is 0. The van der Waals surface area contributed by atoms with E-state index < -0.39 is 27.1 Å². The number of amides is 1. The van der Waals surface area contributed by atoms with Crippen molar-refractivity contribution in [3.05, 3.63) is 89.9 Å². The lowest BCUT2D eigenvalue weighted by molar-refractivity contribution is -0.395. The summed E-state index contributed by atoms with van der Waals surface area (Å²) >= 11 is 6.22. The van der Waals surface area contributed by atoms with E-state index in [1.165, 1.54) is 13.0 Å². The lowest BCUT2D eigenvalue weighted by Gasteiger charge is -2.15. The van der Waals surface area contributed by atoms with Crippen LogP contribution in [0.15, 0.2) is 40.8 Å². The number of benzene rings is 2. The van der Waals surface area contributed by atoms with Crippen LogP contribution in [0.5, 0.6) is 5.75 Å². The van der Waals surface area contributed by atoms with Gasteiger partial charge in [0, 0.05) is 17.2 Å². The van der Waals surface area contributed by atoms with E-state index in [2.05, 4.69) is 5.32 Å². The average molecular weight is 488 g/mol. The van der Waals surface area contributed by atoms with Crippen LogP contribution in [-0.4, -0.2) is 15.8 Å². The number of hydrogen-bond acceptors (Lipinski definition) is 7. The zero-order chi connectivity index (χ0) is 25.2. The third kappa shape index (κ3) is 5.34. The molecule has 0 aliphatic carbocycles. The minimum Gasteiger partial charge on any atom is -0.485 e. The maximum absolute atomic E-state index is 12.6. The highest BCUT2D eigenvalue weighted by atomic mass is 35.5. The first-order chi connectivity index (χ1) is 16.0. The normalized spacial score (nSPS) is 10.9. The van der Waals surface area contributed by atoms with E-state index in [1.807, 2.05) is 32.9 Å². The third-order valence-corrected chi connectivity index (χ3v) is 5.58. The van der Waals surface area contributed by atoms with Gasteiger partial charge in [-0.05, 0) is 55.2 Å². The van der Waals surface area contributed by atoms with Crippen LogP contribution in [0.2, 0.25) is 5.02 Å². The smallest absolute Gasteiger partial charge is 0.291 e. The minimum absolute atomic E-state index is 0.0511. The maximum Gasteiger partial charge on any atom is 0.291 e. The summed E-state index contributed by atoms with van der Waals surface area (Å²) in [6, 6.07) is 8.80. The summed E-state index contributed by atoms with van der Waals surface area (Å²) in [5.74, 6) is 0.394. The minimum atomic E-state index is -0.746. The van der Waals surface area contributed by atoms with E-state index in [4.69, 9.17) is 20.8 Å². The number of furan rings is 1. The van der Waals surface area contributed by atoms with Crippen molar-refractivity contribution in [1.82, 2.24) is 0 Å². The van der Waals surface area contributed by atoms with Crippen molar-refractivity contribution in [3.8, 4) is 5.75 Å². The number of rotatable bonds is 8. The summed E-state index contributed by atoms with van der Waals surface area (Å²) in [4.78, 5) is 33.5. The van der Waals surface area contributed by atoms with Crippen LogP contribution in [0, 0.1) is 34.1 Å². The number of carbonyl (C=O) groups is 1. The van der Waals surface area contributed by atoms with Gasteiger partial charge in [-0.1, -0.05) is 25.4 Å². The van der Waals surface area contributed by atoms with Crippen molar-refractivity contribution in [3.63, 3.8) is 0 Å². The van der Waals surface area contributed by atoms with Gasteiger partial charge in [-0.3, -0.25) is 25.0 Å². The Morgan fingerprint density at radius 2 is 1.71 bits per heavy atom. The van der Waals surface area contributed by atoms with Crippen LogP contribution in [0.1, 0.15) is 52.8 Å². The number of nitrogens with zero attached hydrogens (tertiary/aromatic N) is 2. The predicted molar refractivity (Wildman–Crippen MR) is 126 cm³/mol. The van der Waals surface area contributed by atoms with Crippen LogP contribution in [0.3, 0.4) is 0 Å². The number of hydrogen-bond donors (Lipinski definition) is 1. The molecule has 0 saturated heterocycles. The largest absolute Gasteiger partial charge is 0.485 e. The third-order valence-electron chi connectivity index (χ3n) is 5.17. The van der Waals surface area contributed by atoms with Crippen molar-refractivity contribution in [2.75, 3.05) is 5.32 Å². The molecule has 1 aromatic heterocycles. The van der Waals surface area contributed by atoms with E-state index in [1.54, 1.807) is 6.07 Å². The predicted octanol–water partition coefficient (Wildman–Crippen LogP) is 6.32. The second kappa shape index (κ2) is 9.92. The SMILES string of the molecule is Cc1cc(OCc2ccc(C(=O)Nc3cc([N+](=O)[O-])c(C)c([N+](=O)[O-])c3)o2)c(C(C)C)cc1Cl. The van der Waals surface area contributed by atoms with E-state index >= 15 is 0 Å². The molecule has 1 heterocycles. The topological polar surface area (TPSA) is 138 Å². The molecule has 178 valence electrons. The molecule has 0 atom stereocenters. The lowest BCUT2D eigenvalue weighted by Crippen LogP contribution is -2.12. The number of nitro benzene ring substituents is 2. The quantitative estimate of drug-likeness (QED) is 0.289. The Bertz CT molecular complexity index is 1250. The molecule has 0 bridgehead atoms. The molecule has 3 rings (SSSR count). The number of nitro groups is 2. The van der Waals surface area contributed by atoms with Gasteiger partial charge in [-0.25, -0.2) is 0 Å². The van der Waals surface area contributed by atoms with Gasteiger partial charge in [0.15, 0.2) is 5.76 Å². The number of aryl methyl sites for hydroxylation is 1. The molecule has 10 nitrogen and oxygen atoms in total. The Morgan fingerprint density at radius 1 is 1.09 bits per heavy atom. The van der Waals surface area contributed by atoms with Crippen molar-refractivity contribution < 1.29 is 23.8 Å². The van der Waals surface area contributed by atoms with Gasteiger partial charge in [0.25, 0.3) is 17.3 Å². The number of ether oxygens (including phenoxy) is 1. The second-order valence-corrected chi connectivity index (χ2v) is 8.36. The molecular weight excluding hydrogens is 466 g/mol. The summed E-state index contributed by atoms with van der Waals surface area (Å²) in [5.41, 5.74) is 0.643. The zero-order valence-corrected chi connectivity index (χ0v) is 19.6. The Kier molecular flexibility index (Phi) is 7.21. The molecule has 2 aromatic carbocycles. The van der Waals surface area contributed by atoms with Crippen molar-refractivity contribution in [1.29, 1.82) is 0 Å². The number of anilines is 1. The summed E-state index contributed by atoms with van der Waals surface area (Å²) in [6.45, 7) is 7.23. The van der Waals surface area contributed by atoms with E-state index in [-0.39, 0.29) is 29.5 Å². The average Bonchev–Trinajstić information content (AvgIpc) is 3.24. The van der Waals surface area contributed by atoms with Crippen LogP contribution >= 0.6 is 11.6 Å². The molecule has 1 amide bonds. The molecule has 34 heavy (non-hydrogen) atoms. The van der Waals surface area contributed by atoms with Gasteiger partial charge in [0.2, 0.25) is 0 Å². The Balaban J connectivity index is 1.76. The van der Waals surface area contributed by atoms with Crippen molar-refractivity contribution in [2.24, 2.45) is 0 Å². The lowest BCUT2D eigenvalue weighted by atomic mass is 10.0. The van der Waals surface area contributed by atoms with Crippen molar-refractivity contribution >= 4 is 34.6 Å².